The van der Waals surface area contributed by atoms with Crippen LogP contribution in [0.4, 0.5) is 10.2 Å². The lowest BCUT2D eigenvalue weighted by Gasteiger charge is -2.24. The van der Waals surface area contributed by atoms with Gasteiger partial charge in [-0.1, -0.05) is 20.3 Å². The Hall–Kier alpha value is -3.75. The van der Waals surface area contributed by atoms with Gasteiger partial charge in [-0.3, -0.25) is 4.79 Å². The molecule has 1 aliphatic rings. The molecule has 0 radical (unpaired) electrons. The van der Waals surface area contributed by atoms with E-state index in [1.165, 1.54) is 18.4 Å². The van der Waals surface area contributed by atoms with E-state index in [4.69, 9.17) is 19.5 Å². The predicted octanol–water partition coefficient (Wildman–Crippen LogP) is 5.11. The average Bonchev–Trinajstić information content (AvgIpc) is 3.45. The molecule has 0 aliphatic carbocycles. The Morgan fingerprint density at radius 1 is 1.11 bits per heavy atom. The fourth-order valence-electron chi connectivity index (χ4n) is 4.84. The maximum Gasteiger partial charge on any atom is 0.289 e. The zero-order chi connectivity index (χ0) is 25.2. The van der Waals surface area contributed by atoms with Crippen LogP contribution in [-0.4, -0.2) is 56.7 Å². The Balaban J connectivity index is 1.55. The Morgan fingerprint density at radius 3 is 2.64 bits per heavy atom. The highest BCUT2D eigenvalue weighted by Crippen LogP contribution is 2.32. The maximum atomic E-state index is 13.6. The molecule has 9 heteroatoms. The van der Waals surface area contributed by atoms with Gasteiger partial charge in [-0.15, -0.1) is 0 Å². The number of fused-ring (bicyclic) bond motifs is 1. The van der Waals surface area contributed by atoms with Crippen LogP contribution in [0.2, 0.25) is 0 Å². The number of hydrogen-bond donors (Lipinski definition) is 0. The Morgan fingerprint density at radius 2 is 1.92 bits per heavy atom. The van der Waals surface area contributed by atoms with E-state index in [1.54, 1.807) is 28.9 Å². The summed E-state index contributed by atoms with van der Waals surface area (Å²) in [5, 5.41) is 5.67. The highest BCUT2D eigenvalue weighted by Gasteiger charge is 2.27. The number of aryl methyl sites for hydroxylation is 1. The Bertz CT molecular complexity index is 1350. The van der Waals surface area contributed by atoms with Crippen LogP contribution < -0.4 is 4.90 Å². The molecule has 0 saturated carbocycles. The van der Waals surface area contributed by atoms with E-state index < -0.39 is 0 Å². The van der Waals surface area contributed by atoms with Crippen molar-refractivity contribution in [2.45, 2.75) is 46.0 Å². The molecule has 36 heavy (non-hydrogen) atoms. The van der Waals surface area contributed by atoms with Crippen molar-refractivity contribution >= 4 is 22.8 Å². The third-order valence-corrected chi connectivity index (χ3v) is 6.75. The quantitative estimate of drug-likeness (QED) is 0.374. The van der Waals surface area contributed by atoms with Crippen LogP contribution >= 0.6 is 0 Å². The standard InChI is InChI=1S/C27H31FN6O2/c1-4-7-18(2)24-29-25(32-13-6-14-33(16-15-32)27(35)22-8-5-17-36-22)23-19(3)31-34(26(23)30-24)21-11-9-20(28)10-12-21/h5,8-12,17-18H,4,6-7,13-16H2,1-3H3. The third kappa shape index (κ3) is 4.57. The number of rotatable bonds is 6. The summed E-state index contributed by atoms with van der Waals surface area (Å²) in [7, 11) is 0. The van der Waals surface area contributed by atoms with Gasteiger partial charge in [0.15, 0.2) is 11.4 Å². The number of halogens is 1. The van der Waals surface area contributed by atoms with Gasteiger partial charge in [-0.2, -0.15) is 5.10 Å². The van der Waals surface area contributed by atoms with Gasteiger partial charge in [0.25, 0.3) is 5.91 Å². The fourth-order valence-corrected chi connectivity index (χ4v) is 4.84. The van der Waals surface area contributed by atoms with Crippen LogP contribution in [0.25, 0.3) is 16.7 Å². The molecule has 1 unspecified atom stereocenters. The lowest BCUT2D eigenvalue weighted by molar-refractivity contribution is 0.0735. The van der Waals surface area contributed by atoms with Crippen LogP contribution in [0.3, 0.4) is 0 Å². The summed E-state index contributed by atoms with van der Waals surface area (Å²) in [6, 6.07) is 9.72. The molecular weight excluding hydrogens is 459 g/mol. The minimum Gasteiger partial charge on any atom is -0.459 e. The van der Waals surface area contributed by atoms with Gasteiger partial charge in [-0.25, -0.2) is 19.0 Å². The zero-order valence-electron chi connectivity index (χ0n) is 20.9. The lowest BCUT2D eigenvalue weighted by atomic mass is 10.1. The monoisotopic (exact) mass is 490 g/mol. The molecule has 1 aliphatic heterocycles. The number of amides is 1. The van der Waals surface area contributed by atoms with Crippen LogP contribution in [0, 0.1) is 12.7 Å². The molecule has 1 aromatic carbocycles. The third-order valence-electron chi connectivity index (χ3n) is 6.75. The molecule has 1 fully saturated rings. The van der Waals surface area contributed by atoms with Gasteiger partial charge >= 0.3 is 0 Å². The topological polar surface area (TPSA) is 80.3 Å². The van der Waals surface area contributed by atoms with Crippen molar-refractivity contribution < 1.29 is 13.6 Å². The average molecular weight is 491 g/mol. The number of carbonyl (C=O) groups is 1. The first-order valence-electron chi connectivity index (χ1n) is 12.6. The summed E-state index contributed by atoms with van der Waals surface area (Å²) in [6.07, 6.45) is 4.33. The van der Waals surface area contributed by atoms with E-state index >= 15 is 0 Å². The molecule has 0 spiro atoms. The summed E-state index contributed by atoms with van der Waals surface area (Å²) in [6.45, 7) is 8.87. The highest BCUT2D eigenvalue weighted by molar-refractivity contribution is 5.92. The molecule has 1 atom stereocenters. The molecule has 1 saturated heterocycles. The number of hydrogen-bond acceptors (Lipinski definition) is 6. The van der Waals surface area contributed by atoms with E-state index in [9.17, 15) is 9.18 Å². The summed E-state index contributed by atoms with van der Waals surface area (Å²) in [4.78, 5) is 27.0. The molecular formula is C27H31FN6O2. The molecule has 0 N–H and O–H groups in total. The summed E-state index contributed by atoms with van der Waals surface area (Å²) >= 11 is 0. The summed E-state index contributed by atoms with van der Waals surface area (Å²) in [5.41, 5.74) is 2.28. The number of aromatic nitrogens is 4. The smallest absolute Gasteiger partial charge is 0.289 e. The molecule has 8 nitrogen and oxygen atoms in total. The van der Waals surface area contributed by atoms with E-state index in [-0.39, 0.29) is 17.6 Å². The van der Waals surface area contributed by atoms with E-state index in [2.05, 4.69) is 18.7 Å². The largest absolute Gasteiger partial charge is 0.459 e. The number of benzene rings is 1. The second kappa shape index (κ2) is 10.1. The molecule has 4 aromatic rings. The van der Waals surface area contributed by atoms with E-state index in [0.29, 0.717) is 25.4 Å². The number of anilines is 1. The summed E-state index contributed by atoms with van der Waals surface area (Å²) < 4.78 is 20.7. The lowest BCUT2D eigenvalue weighted by Crippen LogP contribution is -2.35. The van der Waals surface area contributed by atoms with Crippen molar-refractivity contribution in [3.8, 4) is 5.69 Å². The predicted molar refractivity (Wildman–Crippen MR) is 136 cm³/mol. The second-order valence-corrected chi connectivity index (χ2v) is 9.38. The van der Waals surface area contributed by atoms with Gasteiger partial charge < -0.3 is 14.2 Å². The van der Waals surface area contributed by atoms with Crippen molar-refractivity contribution in [2.75, 3.05) is 31.1 Å². The highest BCUT2D eigenvalue weighted by atomic mass is 19.1. The SMILES string of the molecule is CCCC(C)c1nc(N2CCCN(C(=O)c3ccco3)CC2)c2c(C)nn(-c3ccc(F)cc3)c2n1. The number of nitrogens with zero attached hydrogens (tertiary/aromatic N) is 6. The number of furan rings is 1. The van der Waals surface area contributed by atoms with Gasteiger partial charge in [0, 0.05) is 32.1 Å². The van der Waals surface area contributed by atoms with Crippen molar-refractivity contribution in [1.29, 1.82) is 0 Å². The van der Waals surface area contributed by atoms with Gasteiger partial charge in [0.2, 0.25) is 0 Å². The van der Waals surface area contributed by atoms with Gasteiger partial charge in [0.05, 0.1) is 23.0 Å². The number of carbonyl (C=O) groups excluding carboxylic acids is 1. The van der Waals surface area contributed by atoms with E-state index in [0.717, 1.165) is 59.9 Å². The van der Waals surface area contributed by atoms with Crippen LogP contribution in [0.15, 0.2) is 47.1 Å². The van der Waals surface area contributed by atoms with Crippen LogP contribution in [-0.2, 0) is 0 Å². The molecule has 4 heterocycles. The Labute approximate surface area is 209 Å². The Kier molecular flexibility index (Phi) is 6.71. The zero-order valence-corrected chi connectivity index (χ0v) is 20.9. The molecule has 188 valence electrons. The molecule has 0 bridgehead atoms. The van der Waals surface area contributed by atoms with Crippen molar-refractivity contribution in [1.82, 2.24) is 24.6 Å². The fraction of sp³-hybridized carbons (Fsp3) is 0.407. The second-order valence-electron chi connectivity index (χ2n) is 9.38. The summed E-state index contributed by atoms with van der Waals surface area (Å²) in [5.74, 6) is 1.77. The van der Waals surface area contributed by atoms with Crippen molar-refractivity contribution in [3.05, 3.63) is 65.8 Å². The first-order valence-corrected chi connectivity index (χ1v) is 12.6. The minimum absolute atomic E-state index is 0.0905. The first-order chi connectivity index (χ1) is 17.5. The van der Waals surface area contributed by atoms with Gasteiger partial charge in [-0.05, 0) is 56.2 Å². The maximum absolute atomic E-state index is 13.6. The molecule has 1 amide bonds. The van der Waals surface area contributed by atoms with Crippen LogP contribution in [0.1, 0.15) is 61.1 Å². The first kappa shape index (κ1) is 24.0. The van der Waals surface area contributed by atoms with Gasteiger partial charge in [0.1, 0.15) is 17.5 Å². The van der Waals surface area contributed by atoms with Crippen LogP contribution in [0.5, 0.6) is 0 Å². The normalized spacial score (nSPS) is 15.3. The molecule has 3 aromatic heterocycles. The molecule has 5 rings (SSSR count). The van der Waals surface area contributed by atoms with Crippen molar-refractivity contribution in [2.24, 2.45) is 0 Å². The van der Waals surface area contributed by atoms with E-state index in [1.807, 2.05) is 11.8 Å². The minimum atomic E-state index is -0.294. The van der Waals surface area contributed by atoms with Crippen molar-refractivity contribution in [3.63, 3.8) is 0 Å².